The predicted octanol–water partition coefficient (Wildman–Crippen LogP) is 3.82. The highest BCUT2D eigenvalue weighted by Crippen LogP contribution is 2.33. The number of rotatable bonds is 4. The molecule has 2 aromatic rings. The van der Waals surface area contributed by atoms with E-state index in [0.717, 1.165) is 18.8 Å². The van der Waals surface area contributed by atoms with Gasteiger partial charge in [-0.15, -0.1) is 0 Å². The quantitative estimate of drug-likeness (QED) is 0.852. The molecule has 1 atom stereocenters. The maximum Gasteiger partial charge on any atom is 0.123 e. The molecule has 1 aromatic carbocycles. The van der Waals surface area contributed by atoms with Gasteiger partial charge in [0.1, 0.15) is 5.75 Å². The zero-order chi connectivity index (χ0) is 14.5. The molecule has 110 valence electrons. The Kier molecular flexibility index (Phi) is 4.51. The van der Waals surface area contributed by atoms with E-state index in [1.165, 1.54) is 30.4 Å². The number of hydrogen-bond donors (Lipinski definition) is 0. The first-order chi connectivity index (χ1) is 10.4. The van der Waals surface area contributed by atoms with Crippen LogP contribution in [0.15, 0.2) is 48.8 Å². The summed E-state index contributed by atoms with van der Waals surface area (Å²) >= 11 is 0. The van der Waals surface area contributed by atoms with E-state index in [1.807, 2.05) is 30.6 Å². The van der Waals surface area contributed by atoms with E-state index < -0.39 is 0 Å². The Labute approximate surface area is 126 Å². The lowest BCUT2D eigenvalue weighted by Crippen LogP contribution is -2.33. The van der Waals surface area contributed by atoms with E-state index in [4.69, 9.17) is 4.74 Å². The normalized spacial score (nSPS) is 19.4. The number of hydrogen-bond acceptors (Lipinski definition) is 3. The van der Waals surface area contributed by atoms with Crippen molar-refractivity contribution in [1.82, 2.24) is 9.88 Å². The molecule has 1 aliphatic rings. The van der Waals surface area contributed by atoms with Crippen molar-refractivity contribution in [2.45, 2.75) is 31.8 Å². The molecule has 0 N–H and O–H groups in total. The Morgan fingerprint density at radius 2 is 2.10 bits per heavy atom. The third-order valence-electron chi connectivity index (χ3n) is 4.25. The van der Waals surface area contributed by atoms with Crippen LogP contribution in [-0.4, -0.2) is 23.5 Å². The molecule has 2 heterocycles. The van der Waals surface area contributed by atoms with Crippen LogP contribution in [-0.2, 0) is 6.54 Å². The van der Waals surface area contributed by atoms with Crippen LogP contribution in [0.25, 0.3) is 0 Å². The van der Waals surface area contributed by atoms with Crippen molar-refractivity contribution in [2.75, 3.05) is 13.7 Å². The summed E-state index contributed by atoms with van der Waals surface area (Å²) < 4.78 is 5.49. The van der Waals surface area contributed by atoms with Crippen LogP contribution >= 0.6 is 0 Å². The molecule has 21 heavy (non-hydrogen) atoms. The van der Waals surface area contributed by atoms with Crippen molar-refractivity contribution < 1.29 is 4.74 Å². The summed E-state index contributed by atoms with van der Waals surface area (Å²) in [6.45, 7) is 2.07. The number of nitrogens with zero attached hydrogens (tertiary/aromatic N) is 2. The lowest BCUT2D eigenvalue weighted by atomic mass is 9.95. The van der Waals surface area contributed by atoms with E-state index in [-0.39, 0.29) is 0 Å². The third-order valence-corrected chi connectivity index (χ3v) is 4.25. The van der Waals surface area contributed by atoms with E-state index in [9.17, 15) is 0 Å². The number of aromatic nitrogens is 1. The topological polar surface area (TPSA) is 25.4 Å². The first-order valence-electron chi connectivity index (χ1n) is 7.64. The second kappa shape index (κ2) is 6.72. The van der Waals surface area contributed by atoms with E-state index in [1.54, 1.807) is 7.11 Å². The zero-order valence-corrected chi connectivity index (χ0v) is 12.5. The van der Waals surface area contributed by atoms with Gasteiger partial charge in [0, 0.05) is 30.5 Å². The minimum absolute atomic E-state index is 0.470. The Bertz CT molecular complexity index is 570. The number of para-hydroxylation sites is 1. The number of likely N-dealkylation sites (tertiary alicyclic amines) is 1. The Morgan fingerprint density at radius 1 is 1.19 bits per heavy atom. The number of methoxy groups -OCH3 is 1. The highest BCUT2D eigenvalue weighted by atomic mass is 16.5. The summed E-state index contributed by atoms with van der Waals surface area (Å²) in [5, 5.41) is 0. The standard InChI is InChI=1S/C18H22N2O/c1-21-18-10-3-2-7-16(18)14-20-12-5-4-9-17(20)15-8-6-11-19-13-15/h2-3,6-8,10-11,13,17H,4-5,9,12,14H2,1H3/t17-/m1/s1. The van der Waals surface area contributed by atoms with Gasteiger partial charge < -0.3 is 4.74 Å². The first-order valence-corrected chi connectivity index (χ1v) is 7.64. The molecule has 0 unspecified atom stereocenters. The van der Waals surface area contributed by atoms with Gasteiger partial charge >= 0.3 is 0 Å². The van der Waals surface area contributed by atoms with Crippen LogP contribution < -0.4 is 4.74 Å². The van der Waals surface area contributed by atoms with Gasteiger partial charge in [-0.3, -0.25) is 9.88 Å². The molecule has 0 radical (unpaired) electrons. The summed E-state index contributed by atoms with van der Waals surface area (Å²) in [6, 6.07) is 13.0. The zero-order valence-electron chi connectivity index (χ0n) is 12.5. The van der Waals surface area contributed by atoms with Gasteiger partial charge in [0.2, 0.25) is 0 Å². The second-order valence-corrected chi connectivity index (χ2v) is 5.58. The molecule has 3 rings (SSSR count). The third kappa shape index (κ3) is 3.24. The van der Waals surface area contributed by atoms with Crippen LogP contribution in [0.2, 0.25) is 0 Å². The van der Waals surface area contributed by atoms with Crippen LogP contribution in [0.4, 0.5) is 0 Å². The van der Waals surface area contributed by atoms with Crippen molar-refractivity contribution in [3.63, 3.8) is 0 Å². The minimum Gasteiger partial charge on any atom is -0.496 e. The number of benzene rings is 1. The van der Waals surface area contributed by atoms with Crippen LogP contribution in [0.1, 0.15) is 36.4 Å². The largest absolute Gasteiger partial charge is 0.496 e. The average Bonchev–Trinajstić information content (AvgIpc) is 2.57. The van der Waals surface area contributed by atoms with Gasteiger partial charge in [-0.05, 0) is 37.1 Å². The maximum absolute atomic E-state index is 5.49. The van der Waals surface area contributed by atoms with E-state index in [0.29, 0.717) is 6.04 Å². The van der Waals surface area contributed by atoms with Crippen LogP contribution in [0.5, 0.6) is 5.75 Å². The molecule has 1 aromatic heterocycles. The molecule has 0 bridgehead atoms. The van der Waals surface area contributed by atoms with Gasteiger partial charge in [0.15, 0.2) is 0 Å². The molecular formula is C18H22N2O. The Morgan fingerprint density at radius 3 is 2.90 bits per heavy atom. The molecule has 1 aliphatic heterocycles. The van der Waals surface area contributed by atoms with Crippen molar-refractivity contribution in [1.29, 1.82) is 0 Å². The van der Waals surface area contributed by atoms with Crippen molar-refractivity contribution in [3.05, 3.63) is 59.9 Å². The summed E-state index contributed by atoms with van der Waals surface area (Å²) in [4.78, 5) is 6.84. The number of ether oxygens (including phenoxy) is 1. The fraction of sp³-hybridized carbons (Fsp3) is 0.389. The Balaban J connectivity index is 1.82. The fourth-order valence-electron chi connectivity index (χ4n) is 3.18. The van der Waals surface area contributed by atoms with Crippen LogP contribution in [0, 0.1) is 0 Å². The van der Waals surface area contributed by atoms with Gasteiger partial charge in [-0.1, -0.05) is 30.7 Å². The number of piperidine rings is 1. The molecule has 0 amide bonds. The van der Waals surface area contributed by atoms with Crippen molar-refractivity contribution in [3.8, 4) is 5.75 Å². The van der Waals surface area contributed by atoms with Gasteiger partial charge in [-0.25, -0.2) is 0 Å². The van der Waals surface area contributed by atoms with Crippen molar-refractivity contribution in [2.24, 2.45) is 0 Å². The molecule has 0 aliphatic carbocycles. The molecule has 3 heteroatoms. The monoisotopic (exact) mass is 282 g/mol. The molecule has 1 saturated heterocycles. The van der Waals surface area contributed by atoms with Gasteiger partial charge in [0.05, 0.1) is 7.11 Å². The maximum atomic E-state index is 5.49. The molecule has 0 saturated carbocycles. The SMILES string of the molecule is COc1ccccc1CN1CCCC[C@@H]1c1cccnc1. The molecule has 1 fully saturated rings. The van der Waals surface area contributed by atoms with Gasteiger partial charge in [-0.2, -0.15) is 0 Å². The smallest absolute Gasteiger partial charge is 0.123 e. The second-order valence-electron chi connectivity index (χ2n) is 5.58. The van der Waals surface area contributed by atoms with Crippen molar-refractivity contribution >= 4 is 0 Å². The molecular weight excluding hydrogens is 260 g/mol. The summed E-state index contributed by atoms with van der Waals surface area (Å²) in [6.07, 6.45) is 7.62. The number of pyridine rings is 1. The summed E-state index contributed by atoms with van der Waals surface area (Å²) in [5.41, 5.74) is 2.59. The lowest BCUT2D eigenvalue weighted by Gasteiger charge is -2.36. The average molecular weight is 282 g/mol. The first kappa shape index (κ1) is 14.1. The summed E-state index contributed by atoms with van der Waals surface area (Å²) in [7, 11) is 1.74. The summed E-state index contributed by atoms with van der Waals surface area (Å²) in [5.74, 6) is 0.980. The molecule has 0 spiro atoms. The highest BCUT2D eigenvalue weighted by Gasteiger charge is 2.24. The van der Waals surface area contributed by atoms with Gasteiger partial charge in [0.25, 0.3) is 0 Å². The molecule has 3 nitrogen and oxygen atoms in total. The van der Waals surface area contributed by atoms with E-state index in [2.05, 4.69) is 28.1 Å². The Hall–Kier alpha value is -1.87. The predicted molar refractivity (Wildman–Crippen MR) is 84.2 cm³/mol. The van der Waals surface area contributed by atoms with Crippen LogP contribution in [0.3, 0.4) is 0 Å². The lowest BCUT2D eigenvalue weighted by molar-refractivity contribution is 0.139. The minimum atomic E-state index is 0.470. The highest BCUT2D eigenvalue weighted by molar-refractivity contribution is 5.33. The van der Waals surface area contributed by atoms with E-state index >= 15 is 0 Å². The fourth-order valence-corrected chi connectivity index (χ4v) is 3.18.